The molecule has 3 rings (SSSR count). The summed E-state index contributed by atoms with van der Waals surface area (Å²) in [6.45, 7) is 0.754. The predicted molar refractivity (Wildman–Crippen MR) is 111 cm³/mol. The first-order valence-electron chi connectivity index (χ1n) is 9.18. The maximum Gasteiger partial charge on any atom is 0.338 e. The number of benzene rings is 3. The van der Waals surface area contributed by atoms with E-state index in [1.54, 1.807) is 24.3 Å². The molecule has 3 aromatic rings. The number of carbonyl (C=O) groups excluding carboxylic acids is 3. The number of non-ortho nitro benzene ring substituents is 1. The lowest BCUT2D eigenvalue weighted by Crippen LogP contribution is -2.14. The molecule has 3 aromatic carbocycles. The molecule has 0 bridgehead atoms. The highest BCUT2D eigenvalue weighted by atomic mass is 16.6. The van der Waals surface area contributed by atoms with Gasteiger partial charge in [-0.1, -0.05) is 30.3 Å². The second-order valence-electron chi connectivity index (χ2n) is 6.47. The van der Waals surface area contributed by atoms with Crippen molar-refractivity contribution in [2.75, 3.05) is 6.61 Å². The van der Waals surface area contributed by atoms with Crippen LogP contribution in [0.1, 0.15) is 27.6 Å². The zero-order valence-electron chi connectivity index (χ0n) is 16.4. The van der Waals surface area contributed by atoms with Gasteiger partial charge in [0.2, 0.25) is 0 Å². The molecule has 0 aliphatic carbocycles. The predicted octanol–water partition coefficient (Wildman–Crippen LogP) is 4.23. The van der Waals surface area contributed by atoms with Gasteiger partial charge >= 0.3 is 11.9 Å². The number of carbonyl (C=O) groups is 3. The molecular formula is C23H17NO7. The van der Waals surface area contributed by atoms with Crippen molar-refractivity contribution in [1.29, 1.82) is 0 Å². The van der Waals surface area contributed by atoms with Gasteiger partial charge in [0.05, 0.1) is 10.5 Å². The molecule has 8 nitrogen and oxygen atoms in total. The third kappa shape index (κ3) is 5.39. The van der Waals surface area contributed by atoms with Gasteiger partial charge < -0.3 is 9.47 Å². The molecule has 0 unspecified atom stereocenters. The fraction of sp³-hybridized carbons (Fsp3) is 0.0870. The summed E-state index contributed by atoms with van der Waals surface area (Å²) < 4.78 is 10.3. The molecule has 0 N–H and O–H groups in total. The maximum absolute atomic E-state index is 12.5. The number of hydrogen-bond acceptors (Lipinski definition) is 7. The molecule has 0 aliphatic rings. The van der Waals surface area contributed by atoms with E-state index in [-0.39, 0.29) is 22.6 Å². The monoisotopic (exact) mass is 419 g/mol. The number of ketones is 1. The molecule has 0 heterocycles. The van der Waals surface area contributed by atoms with Crippen LogP contribution in [0.3, 0.4) is 0 Å². The van der Waals surface area contributed by atoms with Gasteiger partial charge in [-0.2, -0.15) is 0 Å². The zero-order valence-corrected chi connectivity index (χ0v) is 16.4. The molecule has 0 amide bonds. The zero-order chi connectivity index (χ0) is 22.4. The number of ether oxygens (including phenoxy) is 2. The number of Topliss-reactive ketones (excluding diaryl/α,β-unsaturated/α-hetero) is 1. The van der Waals surface area contributed by atoms with Crippen LogP contribution in [0.15, 0.2) is 72.8 Å². The number of nitro groups is 1. The van der Waals surface area contributed by atoms with Crippen LogP contribution < -0.4 is 4.74 Å². The normalized spacial score (nSPS) is 10.2. The van der Waals surface area contributed by atoms with Crippen molar-refractivity contribution in [3.05, 3.63) is 94.0 Å². The molecule has 0 aliphatic heterocycles. The summed E-state index contributed by atoms with van der Waals surface area (Å²) >= 11 is 0. The van der Waals surface area contributed by atoms with Crippen molar-refractivity contribution in [3.8, 4) is 16.9 Å². The number of rotatable bonds is 7. The van der Waals surface area contributed by atoms with Gasteiger partial charge in [0.15, 0.2) is 12.4 Å². The van der Waals surface area contributed by atoms with Crippen LogP contribution in [-0.2, 0) is 9.53 Å². The Morgan fingerprint density at radius 3 is 2.16 bits per heavy atom. The van der Waals surface area contributed by atoms with Crippen molar-refractivity contribution in [3.63, 3.8) is 0 Å². The highest BCUT2D eigenvalue weighted by Gasteiger charge is 2.17. The van der Waals surface area contributed by atoms with Crippen molar-refractivity contribution in [1.82, 2.24) is 0 Å². The average Bonchev–Trinajstić information content (AvgIpc) is 2.77. The summed E-state index contributed by atoms with van der Waals surface area (Å²) in [5.41, 5.74) is 1.47. The quantitative estimate of drug-likeness (QED) is 0.185. The third-order valence-electron chi connectivity index (χ3n) is 4.29. The van der Waals surface area contributed by atoms with Crippen LogP contribution in [0.5, 0.6) is 5.75 Å². The summed E-state index contributed by atoms with van der Waals surface area (Å²) in [6, 6.07) is 18.5. The molecule has 31 heavy (non-hydrogen) atoms. The summed E-state index contributed by atoms with van der Waals surface area (Å²) in [5.74, 6) is -1.44. The molecular weight excluding hydrogens is 402 g/mol. The minimum atomic E-state index is -0.734. The first-order chi connectivity index (χ1) is 14.8. The summed E-state index contributed by atoms with van der Waals surface area (Å²) in [5, 5.41) is 10.7. The fourth-order valence-electron chi connectivity index (χ4n) is 2.81. The van der Waals surface area contributed by atoms with Crippen LogP contribution in [0.2, 0.25) is 0 Å². The van der Waals surface area contributed by atoms with Gasteiger partial charge in [0, 0.05) is 30.2 Å². The first kappa shape index (κ1) is 21.4. The van der Waals surface area contributed by atoms with Gasteiger partial charge in [-0.25, -0.2) is 4.79 Å². The lowest BCUT2D eigenvalue weighted by molar-refractivity contribution is -0.384. The first-order valence-corrected chi connectivity index (χ1v) is 9.18. The fourth-order valence-corrected chi connectivity index (χ4v) is 2.81. The molecule has 0 atom stereocenters. The van der Waals surface area contributed by atoms with Gasteiger partial charge in [0.1, 0.15) is 5.75 Å². The van der Waals surface area contributed by atoms with Crippen molar-refractivity contribution in [2.45, 2.75) is 6.92 Å². The highest BCUT2D eigenvalue weighted by molar-refractivity contribution is 6.00. The molecule has 0 saturated carbocycles. The second kappa shape index (κ2) is 9.45. The number of nitro benzene ring substituents is 1. The van der Waals surface area contributed by atoms with E-state index in [4.69, 9.17) is 9.47 Å². The van der Waals surface area contributed by atoms with E-state index in [1.165, 1.54) is 49.4 Å². The Morgan fingerprint density at radius 1 is 0.903 bits per heavy atom. The topological polar surface area (TPSA) is 113 Å². The van der Waals surface area contributed by atoms with E-state index in [0.29, 0.717) is 5.56 Å². The molecule has 0 fully saturated rings. The Hall–Kier alpha value is -4.33. The third-order valence-corrected chi connectivity index (χ3v) is 4.29. The van der Waals surface area contributed by atoms with Crippen molar-refractivity contribution in [2.24, 2.45) is 0 Å². The minimum Gasteiger partial charge on any atom is -0.454 e. The summed E-state index contributed by atoms with van der Waals surface area (Å²) in [7, 11) is 0. The van der Waals surface area contributed by atoms with E-state index < -0.39 is 29.3 Å². The summed E-state index contributed by atoms with van der Waals surface area (Å²) in [6.07, 6.45) is 0. The van der Waals surface area contributed by atoms with Gasteiger partial charge in [-0.3, -0.25) is 19.7 Å². The summed E-state index contributed by atoms with van der Waals surface area (Å²) in [4.78, 5) is 46.2. The SMILES string of the molecule is CC(=O)Oc1ccc(C(=O)OCC(=O)c2ccc([N+](=O)[O-])cc2)cc1-c1ccccc1. The largest absolute Gasteiger partial charge is 0.454 e. The number of esters is 2. The van der Waals surface area contributed by atoms with Gasteiger partial charge in [-0.15, -0.1) is 0 Å². The Balaban J connectivity index is 1.76. The molecule has 156 valence electrons. The molecule has 0 aromatic heterocycles. The Labute approximate surface area is 177 Å². The Bertz CT molecular complexity index is 1140. The Morgan fingerprint density at radius 2 is 1.55 bits per heavy atom. The highest BCUT2D eigenvalue weighted by Crippen LogP contribution is 2.31. The lowest BCUT2D eigenvalue weighted by atomic mass is 10.0. The van der Waals surface area contributed by atoms with Crippen molar-refractivity contribution < 1.29 is 28.8 Å². The molecule has 0 radical (unpaired) electrons. The van der Waals surface area contributed by atoms with E-state index in [1.807, 2.05) is 6.07 Å². The van der Waals surface area contributed by atoms with E-state index >= 15 is 0 Å². The maximum atomic E-state index is 12.5. The number of nitrogens with zero attached hydrogens (tertiary/aromatic N) is 1. The molecule has 0 saturated heterocycles. The smallest absolute Gasteiger partial charge is 0.338 e. The standard InChI is InChI=1S/C23H17NO7/c1-15(25)31-22-12-9-18(13-20(22)16-5-3-2-4-6-16)23(27)30-14-21(26)17-7-10-19(11-8-17)24(28)29/h2-13H,14H2,1H3. The Kier molecular flexibility index (Phi) is 6.51. The van der Waals surface area contributed by atoms with Crippen LogP contribution in [0.4, 0.5) is 5.69 Å². The van der Waals surface area contributed by atoms with Gasteiger partial charge in [-0.05, 0) is 35.9 Å². The second-order valence-corrected chi connectivity index (χ2v) is 6.47. The van der Waals surface area contributed by atoms with Crippen molar-refractivity contribution >= 4 is 23.4 Å². The van der Waals surface area contributed by atoms with Crippen LogP contribution in [-0.4, -0.2) is 29.3 Å². The lowest BCUT2D eigenvalue weighted by Gasteiger charge is -2.11. The van der Waals surface area contributed by atoms with E-state index in [9.17, 15) is 24.5 Å². The minimum absolute atomic E-state index is 0.144. The molecule has 8 heteroatoms. The number of hydrogen-bond donors (Lipinski definition) is 0. The van der Waals surface area contributed by atoms with Crippen LogP contribution >= 0.6 is 0 Å². The van der Waals surface area contributed by atoms with Crippen LogP contribution in [0, 0.1) is 10.1 Å². The van der Waals surface area contributed by atoms with Gasteiger partial charge in [0.25, 0.3) is 5.69 Å². The average molecular weight is 419 g/mol. The van der Waals surface area contributed by atoms with E-state index in [2.05, 4.69) is 0 Å². The van der Waals surface area contributed by atoms with Crippen LogP contribution in [0.25, 0.3) is 11.1 Å². The van der Waals surface area contributed by atoms with E-state index in [0.717, 1.165) is 5.56 Å². The molecule has 0 spiro atoms.